The van der Waals surface area contributed by atoms with E-state index in [9.17, 15) is 4.79 Å². The first-order valence-electron chi connectivity index (χ1n) is 7.54. The van der Waals surface area contributed by atoms with E-state index in [0.29, 0.717) is 19.8 Å². The second kappa shape index (κ2) is 9.55. The summed E-state index contributed by atoms with van der Waals surface area (Å²) in [4.78, 5) is 11.6. The molecular weight excluding hydrogens is 272 g/mol. The van der Waals surface area contributed by atoms with Crippen molar-refractivity contribution in [2.45, 2.75) is 32.0 Å². The van der Waals surface area contributed by atoms with Crippen molar-refractivity contribution >= 4 is 5.91 Å². The van der Waals surface area contributed by atoms with E-state index in [1.54, 1.807) is 6.26 Å². The van der Waals surface area contributed by atoms with Crippen LogP contribution in [0.3, 0.4) is 0 Å². The van der Waals surface area contributed by atoms with Gasteiger partial charge in [0.2, 0.25) is 5.91 Å². The van der Waals surface area contributed by atoms with Crippen LogP contribution in [0.5, 0.6) is 0 Å². The van der Waals surface area contributed by atoms with Gasteiger partial charge >= 0.3 is 0 Å². The van der Waals surface area contributed by atoms with E-state index in [4.69, 9.17) is 13.9 Å². The van der Waals surface area contributed by atoms with Gasteiger partial charge in [0.1, 0.15) is 19.0 Å². The molecule has 6 nitrogen and oxygen atoms in total. The third-order valence-electron chi connectivity index (χ3n) is 3.35. The van der Waals surface area contributed by atoms with Gasteiger partial charge in [-0.3, -0.25) is 4.79 Å². The summed E-state index contributed by atoms with van der Waals surface area (Å²) in [7, 11) is 0. The van der Waals surface area contributed by atoms with Gasteiger partial charge in [0.25, 0.3) is 0 Å². The Morgan fingerprint density at radius 3 is 3.05 bits per heavy atom. The lowest BCUT2D eigenvalue weighted by molar-refractivity contribution is -0.128. The number of nitrogens with one attached hydrogen (secondary N) is 2. The number of piperidine rings is 1. The lowest BCUT2D eigenvalue weighted by Crippen LogP contribution is -2.36. The average Bonchev–Trinajstić information content (AvgIpc) is 3.03. The average molecular weight is 296 g/mol. The molecule has 2 heterocycles. The van der Waals surface area contributed by atoms with E-state index < -0.39 is 0 Å². The van der Waals surface area contributed by atoms with Crippen LogP contribution < -0.4 is 10.6 Å². The van der Waals surface area contributed by atoms with Crippen LogP contribution in [0.4, 0.5) is 0 Å². The second-order valence-corrected chi connectivity index (χ2v) is 5.10. The minimum atomic E-state index is -0.0560. The molecule has 6 heteroatoms. The van der Waals surface area contributed by atoms with Gasteiger partial charge in [-0.15, -0.1) is 0 Å². The first kappa shape index (κ1) is 16.0. The normalized spacial score (nSPS) is 16.0. The summed E-state index contributed by atoms with van der Waals surface area (Å²) >= 11 is 0. The van der Waals surface area contributed by atoms with Crippen LogP contribution in [0.25, 0.3) is 0 Å². The van der Waals surface area contributed by atoms with Gasteiger partial charge in [0.15, 0.2) is 0 Å². The Morgan fingerprint density at radius 2 is 2.29 bits per heavy atom. The lowest BCUT2D eigenvalue weighted by Gasteiger charge is -2.22. The van der Waals surface area contributed by atoms with Gasteiger partial charge in [-0.1, -0.05) is 0 Å². The summed E-state index contributed by atoms with van der Waals surface area (Å²) in [5.41, 5.74) is 0. The summed E-state index contributed by atoms with van der Waals surface area (Å²) in [5.74, 6) is 0.758. The smallest absolute Gasteiger partial charge is 0.246 e. The molecule has 1 aliphatic heterocycles. The Morgan fingerprint density at radius 1 is 1.43 bits per heavy atom. The number of furan rings is 1. The Labute approximate surface area is 125 Å². The fraction of sp³-hybridized carbons (Fsp3) is 0.667. The van der Waals surface area contributed by atoms with E-state index >= 15 is 0 Å². The molecule has 1 aromatic rings. The molecule has 0 atom stereocenters. The second-order valence-electron chi connectivity index (χ2n) is 5.10. The molecule has 1 aromatic heterocycles. The quantitative estimate of drug-likeness (QED) is 0.667. The third-order valence-corrected chi connectivity index (χ3v) is 3.35. The van der Waals surface area contributed by atoms with Gasteiger partial charge < -0.3 is 24.5 Å². The summed E-state index contributed by atoms with van der Waals surface area (Å²) in [5, 5.41) is 6.10. The number of hydrogen-bond acceptors (Lipinski definition) is 5. The highest BCUT2D eigenvalue weighted by Crippen LogP contribution is 2.06. The summed E-state index contributed by atoms with van der Waals surface area (Å²) in [6, 6.07) is 3.71. The van der Waals surface area contributed by atoms with E-state index in [1.165, 1.54) is 0 Å². The van der Waals surface area contributed by atoms with E-state index in [1.807, 2.05) is 12.1 Å². The monoisotopic (exact) mass is 296 g/mol. The molecule has 0 bridgehead atoms. The van der Waals surface area contributed by atoms with Crippen molar-refractivity contribution in [3.8, 4) is 0 Å². The highest BCUT2D eigenvalue weighted by Gasteiger charge is 2.14. The number of hydrogen-bond donors (Lipinski definition) is 2. The molecule has 2 rings (SSSR count). The SMILES string of the molecule is O=C(COC1CCNCC1)NCCCOCc1ccco1. The number of rotatable bonds is 9. The molecule has 0 unspecified atom stereocenters. The number of amides is 1. The highest BCUT2D eigenvalue weighted by molar-refractivity contribution is 5.77. The van der Waals surface area contributed by atoms with Gasteiger partial charge in [0.05, 0.1) is 12.4 Å². The predicted octanol–water partition coefficient (Wildman–Crippen LogP) is 1.07. The van der Waals surface area contributed by atoms with Crippen molar-refractivity contribution in [2.75, 3.05) is 32.8 Å². The zero-order valence-electron chi connectivity index (χ0n) is 12.3. The minimum Gasteiger partial charge on any atom is -0.467 e. The van der Waals surface area contributed by atoms with Crippen LogP contribution in [0.2, 0.25) is 0 Å². The summed E-state index contributed by atoms with van der Waals surface area (Å²) in [6.45, 7) is 3.76. The van der Waals surface area contributed by atoms with Crippen LogP contribution in [0.1, 0.15) is 25.0 Å². The maximum atomic E-state index is 11.6. The molecule has 0 saturated carbocycles. The van der Waals surface area contributed by atoms with Crippen LogP contribution in [0, 0.1) is 0 Å². The molecule has 21 heavy (non-hydrogen) atoms. The Bertz CT molecular complexity index is 388. The van der Waals surface area contributed by atoms with Gasteiger partial charge in [-0.2, -0.15) is 0 Å². The molecule has 1 fully saturated rings. The Hall–Kier alpha value is -1.37. The first-order chi connectivity index (χ1) is 10.3. The van der Waals surface area contributed by atoms with Gasteiger partial charge in [-0.25, -0.2) is 0 Å². The van der Waals surface area contributed by atoms with Crippen molar-refractivity contribution in [3.63, 3.8) is 0 Å². The van der Waals surface area contributed by atoms with Crippen LogP contribution in [-0.4, -0.2) is 44.9 Å². The van der Waals surface area contributed by atoms with E-state index in [0.717, 1.165) is 38.1 Å². The molecule has 0 radical (unpaired) electrons. The lowest BCUT2D eigenvalue weighted by atomic mass is 10.1. The number of carbonyl (C=O) groups is 1. The summed E-state index contributed by atoms with van der Waals surface area (Å²) < 4.78 is 16.2. The first-order valence-corrected chi connectivity index (χ1v) is 7.54. The molecule has 0 spiro atoms. The minimum absolute atomic E-state index is 0.0560. The topological polar surface area (TPSA) is 72.7 Å². The van der Waals surface area contributed by atoms with Crippen molar-refractivity contribution in [1.82, 2.24) is 10.6 Å². The molecule has 118 valence electrons. The van der Waals surface area contributed by atoms with Crippen molar-refractivity contribution in [1.29, 1.82) is 0 Å². The molecule has 2 N–H and O–H groups in total. The fourth-order valence-corrected chi connectivity index (χ4v) is 2.18. The molecule has 0 aliphatic carbocycles. The molecular formula is C15H24N2O4. The molecule has 1 amide bonds. The number of carbonyl (C=O) groups excluding carboxylic acids is 1. The standard InChI is InChI=1S/C15H24N2O4/c18-15(12-21-13-4-7-16-8-5-13)17-6-2-9-19-11-14-3-1-10-20-14/h1,3,10,13,16H,2,4-9,11-12H2,(H,17,18). The van der Waals surface area contributed by atoms with Crippen LogP contribution in [0.15, 0.2) is 22.8 Å². The largest absolute Gasteiger partial charge is 0.467 e. The predicted molar refractivity (Wildman–Crippen MR) is 77.8 cm³/mol. The third kappa shape index (κ3) is 6.75. The molecule has 1 saturated heterocycles. The molecule has 0 aromatic carbocycles. The Balaban J connectivity index is 1.42. The maximum Gasteiger partial charge on any atom is 0.246 e. The van der Waals surface area contributed by atoms with Crippen LogP contribution in [-0.2, 0) is 20.9 Å². The zero-order valence-corrected chi connectivity index (χ0v) is 12.3. The van der Waals surface area contributed by atoms with Crippen molar-refractivity contribution in [3.05, 3.63) is 24.2 Å². The maximum absolute atomic E-state index is 11.6. The Kier molecular flexibility index (Phi) is 7.28. The highest BCUT2D eigenvalue weighted by atomic mass is 16.5. The van der Waals surface area contributed by atoms with Gasteiger partial charge in [0, 0.05) is 13.2 Å². The van der Waals surface area contributed by atoms with E-state index in [2.05, 4.69) is 10.6 Å². The van der Waals surface area contributed by atoms with Gasteiger partial charge in [-0.05, 0) is 44.5 Å². The fourth-order valence-electron chi connectivity index (χ4n) is 2.18. The van der Waals surface area contributed by atoms with Crippen molar-refractivity contribution in [2.24, 2.45) is 0 Å². The van der Waals surface area contributed by atoms with Crippen molar-refractivity contribution < 1.29 is 18.7 Å². The zero-order chi connectivity index (χ0) is 14.8. The summed E-state index contributed by atoms with van der Waals surface area (Å²) in [6.07, 6.45) is 4.58. The number of ether oxygens (including phenoxy) is 2. The van der Waals surface area contributed by atoms with Crippen LogP contribution >= 0.6 is 0 Å². The van der Waals surface area contributed by atoms with E-state index in [-0.39, 0.29) is 18.6 Å². The molecule has 1 aliphatic rings.